The van der Waals surface area contributed by atoms with Gasteiger partial charge in [-0.2, -0.15) is 13.2 Å². The third kappa shape index (κ3) is 2.32. The molecule has 2 rings (SSSR count). The summed E-state index contributed by atoms with van der Waals surface area (Å²) in [5.74, 6) is -0.0514. The van der Waals surface area contributed by atoms with Crippen LogP contribution in [0, 0.1) is 0 Å². The fourth-order valence-corrected chi connectivity index (χ4v) is 2.11. The maximum Gasteiger partial charge on any atom is 0.418 e. The van der Waals surface area contributed by atoms with Crippen molar-refractivity contribution in [3.05, 3.63) is 22.7 Å². The molecule has 1 aliphatic rings. The van der Waals surface area contributed by atoms with Crippen molar-refractivity contribution in [2.45, 2.75) is 31.7 Å². The molecule has 0 radical (unpaired) electrons. The number of anilines is 1. The standard InChI is InChI=1S/C11H14F3N3O2/c1-2-16-6-4-15-8(9(16)18)17-5-3-10(19,7-17)11(12,13)14/h4,6,19H,2-3,5,7H2,1H3/t10-/m0/s1. The molecule has 1 aromatic heterocycles. The second-order valence-electron chi connectivity index (χ2n) is 4.54. The van der Waals surface area contributed by atoms with Gasteiger partial charge in [-0.15, -0.1) is 0 Å². The van der Waals surface area contributed by atoms with Crippen molar-refractivity contribution in [1.29, 1.82) is 0 Å². The predicted molar refractivity (Wildman–Crippen MR) is 62.0 cm³/mol. The van der Waals surface area contributed by atoms with Gasteiger partial charge in [0.25, 0.3) is 5.56 Å². The first kappa shape index (κ1) is 13.9. The van der Waals surface area contributed by atoms with E-state index < -0.39 is 30.3 Å². The predicted octanol–water partition coefficient (Wildman–Crippen LogP) is 0.767. The van der Waals surface area contributed by atoms with Gasteiger partial charge in [0.05, 0.1) is 6.54 Å². The van der Waals surface area contributed by atoms with Crippen LogP contribution in [0.4, 0.5) is 19.0 Å². The van der Waals surface area contributed by atoms with Crippen molar-refractivity contribution in [2.24, 2.45) is 0 Å². The lowest BCUT2D eigenvalue weighted by molar-refractivity contribution is -0.250. The minimum absolute atomic E-state index is 0.0496. The van der Waals surface area contributed by atoms with Gasteiger partial charge in [-0.3, -0.25) is 4.79 Å². The van der Waals surface area contributed by atoms with E-state index in [0.29, 0.717) is 6.54 Å². The van der Waals surface area contributed by atoms with Gasteiger partial charge in [-0.25, -0.2) is 4.98 Å². The summed E-state index contributed by atoms with van der Waals surface area (Å²) in [6.45, 7) is 1.45. The van der Waals surface area contributed by atoms with E-state index in [0.717, 1.165) is 0 Å². The lowest BCUT2D eigenvalue weighted by Gasteiger charge is -2.26. The van der Waals surface area contributed by atoms with Gasteiger partial charge in [0.2, 0.25) is 0 Å². The average molecular weight is 277 g/mol. The van der Waals surface area contributed by atoms with E-state index in [-0.39, 0.29) is 12.4 Å². The summed E-state index contributed by atoms with van der Waals surface area (Å²) in [6, 6.07) is 0. The summed E-state index contributed by atoms with van der Waals surface area (Å²) in [7, 11) is 0. The molecular formula is C11H14F3N3O2. The largest absolute Gasteiger partial charge is 0.418 e. The second kappa shape index (κ2) is 4.52. The first-order chi connectivity index (χ1) is 8.78. The number of nitrogens with zero attached hydrogens (tertiary/aromatic N) is 3. The van der Waals surface area contributed by atoms with E-state index in [1.807, 2.05) is 0 Å². The fraction of sp³-hybridized carbons (Fsp3) is 0.636. The Morgan fingerprint density at radius 3 is 2.74 bits per heavy atom. The molecule has 0 saturated carbocycles. The van der Waals surface area contributed by atoms with Crippen LogP contribution in [0.5, 0.6) is 0 Å². The summed E-state index contributed by atoms with van der Waals surface area (Å²) < 4.78 is 39.5. The molecule has 1 saturated heterocycles. The third-order valence-corrected chi connectivity index (χ3v) is 3.31. The molecule has 1 atom stereocenters. The highest BCUT2D eigenvalue weighted by atomic mass is 19.4. The zero-order valence-electron chi connectivity index (χ0n) is 10.3. The number of hydrogen-bond donors (Lipinski definition) is 1. The van der Waals surface area contributed by atoms with Gasteiger partial charge in [0.15, 0.2) is 11.4 Å². The molecule has 5 nitrogen and oxygen atoms in total. The minimum Gasteiger partial charge on any atom is -0.379 e. The Kier molecular flexibility index (Phi) is 3.29. The van der Waals surface area contributed by atoms with Crippen molar-refractivity contribution >= 4 is 5.82 Å². The van der Waals surface area contributed by atoms with E-state index >= 15 is 0 Å². The molecule has 0 spiro atoms. The maximum atomic E-state index is 12.7. The molecule has 0 amide bonds. The molecule has 19 heavy (non-hydrogen) atoms. The summed E-state index contributed by atoms with van der Waals surface area (Å²) in [4.78, 5) is 17.0. The van der Waals surface area contributed by atoms with Crippen molar-refractivity contribution in [3.8, 4) is 0 Å². The van der Waals surface area contributed by atoms with Gasteiger partial charge in [-0.1, -0.05) is 0 Å². The van der Waals surface area contributed by atoms with Gasteiger partial charge >= 0.3 is 6.18 Å². The number of aliphatic hydroxyl groups is 1. The Labute approximate surface area is 107 Å². The maximum absolute atomic E-state index is 12.7. The second-order valence-corrected chi connectivity index (χ2v) is 4.54. The summed E-state index contributed by atoms with van der Waals surface area (Å²) in [5.41, 5.74) is -3.22. The van der Waals surface area contributed by atoms with Gasteiger partial charge in [0, 0.05) is 31.9 Å². The monoisotopic (exact) mass is 277 g/mol. The highest BCUT2D eigenvalue weighted by Crippen LogP contribution is 2.38. The first-order valence-electron chi connectivity index (χ1n) is 5.88. The van der Waals surface area contributed by atoms with E-state index in [9.17, 15) is 23.1 Å². The summed E-state index contributed by atoms with van der Waals surface area (Å²) >= 11 is 0. The topological polar surface area (TPSA) is 58.4 Å². The Morgan fingerprint density at radius 2 is 2.21 bits per heavy atom. The molecule has 1 aliphatic heterocycles. The quantitative estimate of drug-likeness (QED) is 0.867. The molecule has 106 valence electrons. The van der Waals surface area contributed by atoms with E-state index in [1.165, 1.54) is 21.9 Å². The number of hydrogen-bond acceptors (Lipinski definition) is 4. The van der Waals surface area contributed by atoms with Gasteiger partial charge in [0.1, 0.15) is 0 Å². The fourth-order valence-electron chi connectivity index (χ4n) is 2.11. The van der Waals surface area contributed by atoms with Crippen LogP contribution in [0.1, 0.15) is 13.3 Å². The molecule has 1 fully saturated rings. The average Bonchev–Trinajstić information content (AvgIpc) is 2.73. The van der Waals surface area contributed by atoms with E-state index in [4.69, 9.17) is 0 Å². The molecule has 0 aromatic carbocycles. The molecule has 0 bridgehead atoms. The summed E-state index contributed by atoms with van der Waals surface area (Å²) in [5, 5.41) is 9.57. The van der Waals surface area contributed by atoms with Gasteiger partial charge in [-0.05, 0) is 6.92 Å². The number of aryl methyl sites for hydroxylation is 1. The minimum atomic E-state index is -4.71. The number of aromatic nitrogens is 2. The van der Waals surface area contributed by atoms with Crippen molar-refractivity contribution in [2.75, 3.05) is 18.0 Å². The smallest absolute Gasteiger partial charge is 0.379 e. The zero-order valence-corrected chi connectivity index (χ0v) is 10.3. The van der Waals surface area contributed by atoms with Crippen molar-refractivity contribution in [3.63, 3.8) is 0 Å². The first-order valence-corrected chi connectivity index (χ1v) is 5.88. The molecular weight excluding hydrogens is 263 g/mol. The molecule has 2 heterocycles. The van der Waals surface area contributed by atoms with Crippen molar-refractivity contribution < 1.29 is 18.3 Å². The molecule has 0 aliphatic carbocycles. The van der Waals surface area contributed by atoms with Crippen molar-refractivity contribution in [1.82, 2.24) is 9.55 Å². The highest BCUT2D eigenvalue weighted by molar-refractivity contribution is 5.38. The Balaban J connectivity index is 2.30. The Morgan fingerprint density at radius 1 is 1.53 bits per heavy atom. The van der Waals surface area contributed by atoms with Crippen LogP contribution in [0.25, 0.3) is 0 Å². The normalized spacial score (nSPS) is 23.9. The third-order valence-electron chi connectivity index (χ3n) is 3.31. The Bertz CT molecular complexity index is 529. The number of alkyl halides is 3. The molecule has 8 heteroatoms. The van der Waals surface area contributed by atoms with Crippen LogP contribution < -0.4 is 10.5 Å². The lowest BCUT2D eigenvalue weighted by Crippen LogP contribution is -2.48. The number of rotatable bonds is 2. The summed E-state index contributed by atoms with van der Waals surface area (Å²) in [6.07, 6.45) is -2.33. The van der Waals surface area contributed by atoms with Crippen LogP contribution in [-0.2, 0) is 6.54 Å². The number of β-amino-alcohol motifs (C(OH)–C–C–N with tert-alkyl or cyclic N) is 1. The number of halogens is 3. The van der Waals surface area contributed by atoms with Crippen LogP contribution >= 0.6 is 0 Å². The van der Waals surface area contributed by atoms with Crippen LogP contribution in [0.2, 0.25) is 0 Å². The lowest BCUT2D eigenvalue weighted by atomic mass is 10.0. The van der Waals surface area contributed by atoms with E-state index in [2.05, 4.69) is 4.98 Å². The highest BCUT2D eigenvalue weighted by Gasteiger charge is 2.57. The van der Waals surface area contributed by atoms with Crippen LogP contribution in [0.15, 0.2) is 17.2 Å². The van der Waals surface area contributed by atoms with Crippen LogP contribution in [0.3, 0.4) is 0 Å². The van der Waals surface area contributed by atoms with Gasteiger partial charge < -0.3 is 14.6 Å². The van der Waals surface area contributed by atoms with E-state index in [1.54, 1.807) is 6.92 Å². The molecule has 1 N–H and O–H groups in total. The SMILES string of the molecule is CCn1ccnc(N2CC[C@@](O)(C(F)(F)F)C2)c1=O. The van der Waals surface area contributed by atoms with Crippen LogP contribution in [-0.4, -0.2) is 39.5 Å². The zero-order chi connectivity index (χ0) is 14.3. The molecule has 1 aromatic rings. The molecule has 0 unspecified atom stereocenters. The Hall–Kier alpha value is -1.57.